The second kappa shape index (κ2) is 6.19. The average molecular weight is 253 g/mol. The number of hydrogen-bond donors (Lipinski definition) is 1. The van der Waals surface area contributed by atoms with Gasteiger partial charge in [0, 0.05) is 5.69 Å². The van der Waals surface area contributed by atoms with E-state index in [2.05, 4.69) is 24.4 Å². The number of aryl methyl sites for hydroxylation is 2. The number of amides is 1. The highest BCUT2D eigenvalue weighted by Crippen LogP contribution is 2.11. The summed E-state index contributed by atoms with van der Waals surface area (Å²) in [6, 6.07) is 16.0. The molecular weight excluding hydrogens is 234 g/mol. The molecule has 1 N–H and O–H groups in total. The Morgan fingerprint density at radius 1 is 1.05 bits per heavy atom. The maximum Gasteiger partial charge on any atom is 0.228 e. The van der Waals surface area contributed by atoms with Crippen LogP contribution < -0.4 is 5.32 Å². The Morgan fingerprint density at radius 2 is 1.74 bits per heavy atom. The molecule has 0 saturated carbocycles. The molecule has 0 aliphatic heterocycles. The van der Waals surface area contributed by atoms with E-state index in [1.54, 1.807) is 0 Å². The van der Waals surface area contributed by atoms with Crippen molar-refractivity contribution in [2.45, 2.75) is 26.7 Å². The van der Waals surface area contributed by atoms with E-state index in [-0.39, 0.29) is 5.91 Å². The minimum Gasteiger partial charge on any atom is -0.326 e. The summed E-state index contributed by atoms with van der Waals surface area (Å²) in [5.41, 5.74) is 4.34. The van der Waals surface area contributed by atoms with Crippen molar-refractivity contribution in [1.29, 1.82) is 0 Å². The van der Waals surface area contributed by atoms with Crippen molar-refractivity contribution in [2.24, 2.45) is 0 Å². The number of carbonyl (C=O) groups is 1. The fraction of sp³-hybridized carbons (Fsp3) is 0.235. The molecule has 0 saturated heterocycles. The highest BCUT2D eigenvalue weighted by molar-refractivity contribution is 5.92. The first kappa shape index (κ1) is 13.3. The van der Waals surface area contributed by atoms with Crippen molar-refractivity contribution in [2.75, 3.05) is 5.32 Å². The predicted molar refractivity (Wildman–Crippen MR) is 79.3 cm³/mol. The van der Waals surface area contributed by atoms with Gasteiger partial charge in [0.2, 0.25) is 5.91 Å². The molecule has 2 aromatic carbocycles. The quantitative estimate of drug-likeness (QED) is 0.883. The number of hydrogen-bond acceptors (Lipinski definition) is 1. The van der Waals surface area contributed by atoms with Gasteiger partial charge in [-0.15, -0.1) is 0 Å². The zero-order valence-electron chi connectivity index (χ0n) is 11.4. The van der Waals surface area contributed by atoms with E-state index in [4.69, 9.17) is 0 Å². The molecule has 0 aliphatic rings. The van der Waals surface area contributed by atoms with Gasteiger partial charge in [0.25, 0.3) is 0 Å². The van der Waals surface area contributed by atoms with Gasteiger partial charge in [-0.3, -0.25) is 4.79 Å². The first-order valence-corrected chi connectivity index (χ1v) is 6.61. The molecule has 0 unspecified atom stereocenters. The van der Waals surface area contributed by atoms with Gasteiger partial charge in [-0.2, -0.15) is 0 Å². The fourth-order valence-electron chi connectivity index (χ4n) is 2.01. The number of anilines is 1. The second-order valence-corrected chi connectivity index (χ2v) is 4.76. The van der Waals surface area contributed by atoms with Crippen LogP contribution in [0.1, 0.15) is 23.6 Å². The Balaban J connectivity index is 1.97. The number of carbonyl (C=O) groups excluding carboxylic acids is 1. The molecule has 2 heteroatoms. The van der Waals surface area contributed by atoms with Crippen LogP contribution in [0.2, 0.25) is 0 Å². The summed E-state index contributed by atoms with van der Waals surface area (Å²) in [5, 5.41) is 2.92. The van der Waals surface area contributed by atoms with Gasteiger partial charge in [0.05, 0.1) is 6.42 Å². The molecule has 2 rings (SSSR count). The molecule has 0 aromatic heterocycles. The van der Waals surface area contributed by atoms with Gasteiger partial charge in [-0.25, -0.2) is 0 Å². The van der Waals surface area contributed by atoms with Crippen molar-refractivity contribution in [3.05, 3.63) is 65.2 Å². The van der Waals surface area contributed by atoms with Gasteiger partial charge in [-0.05, 0) is 42.2 Å². The molecule has 0 heterocycles. The van der Waals surface area contributed by atoms with E-state index in [9.17, 15) is 4.79 Å². The molecule has 0 fully saturated rings. The second-order valence-electron chi connectivity index (χ2n) is 4.76. The van der Waals surface area contributed by atoms with Crippen LogP contribution in [0.15, 0.2) is 48.5 Å². The molecule has 0 atom stereocenters. The number of benzene rings is 2. The van der Waals surface area contributed by atoms with E-state index in [1.165, 1.54) is 5.56 Å². The Labute approximate surface area is 114 Å². The summed E-state index contributed by atoms with van der Waals surface area (Å²) in [5.74, 6) is 0.0230. The Hall–Kier alpha value is -2.09. The van der Waals surface area contributed by atoms with E-state index in [0.717, 1.165) is 23.2 Å². The lowest BCUT2D eigenvalue weighted by Gasteiger charge is -2.06. The summed E-state index contributed by atoms with van der Waals surface area (Å²) in [6.45, 7) is 4.14. The molecule has 0 aliphatic carbocycles. The van der Waals surface area contributed by atoms with Crippen LogP contribution in [0, 0.1) is 6.92 Å². The smallest absolute Gasteiger partial charge is 0.228 e. The highest BCUT2D eigenvalue weighted by atomic mass is 16.1. The molecule has 2 aromatic rings. The lowest BCUT2D eigenvalue weighted by Crippen LogP contribution is -2.14. The molecular formula is C17H19NO. The maximum atomic E-state index is 11.9. The van der Waals surface area contributed by atoms with Gasteiger partial charge in [0.1, 0.15) is 0 Å². The molecule has 0 radical (unpaired) electrons. The van der Waals surface area contributed by atoms with Crippen molar-refractivity contribution in [1.82, 2.24) is 0 Å². The maximum absolute atomic E-state index is 11.9. The van der Waals surface area contributed by atoms with Crippen LogP contribution in [0.25, 0.3) is 0 Å². The monoisotopic (exact) mass is 253 g/mol. The average Bonchev–Trinajstić information content (AvgIpc) is 2.39. The first-order valence-electron chi connectivity index (χ1n) is 6.61. The van der Waals surface area contributed by atoms with Crippen molar-refractivity contribution >= 4 is 11.6 Å². The standard InChI is InChI=1S/C17H19NO/c1-3-14-7-9-15(10-8-14)12-17(19)18-16-6-4-5-13(2)11-16/h4-11H,3,12H2,1-2H3,(H,18,19). The highest BCUT2D eigenvalue weighted by Gasteiger charge is 2.04. The molecule has 1 amide bonds. The molecule has 2 nitrogen and oxygen atoms in total. The Bertz CT molecular complexity index is 558. The minimum atomic E-state index is 0.0230. The van der Waals surface area contributed by atoms with Crippen LogP contribution in [0.3, 0.4) is 0 Å². The predicted octanol–water partition coefficient (Wildman–Crippen LogP) is 3.74. The topological polar surface area (TPSA) is 29.1 Å². The van der Waals surface area contributed by atoms with E-state index in [0.29, 0.717) is 6.42 Å². The molecule has 19 heavy (non-hydrogen) atoms. The largest absolute Gasteiger partial charge is 0.326 e. The normalized spacial score (nSPS) is 10.2. The molecule has 0 bridgehead atoms. The Morgan fingerprint density at radius 3 is 2.37 bits per heavy atom. The third-order valence-electron chi connectivity index (χ3n) is 3.10. The summed E-state index contributed by atoms with van der Waals surface area (Å²) in [7, 11) is 0. The SMILES string of the molecule is CCc1ccc(CC(=O)Nc2cccc(C)c2)cc1. The van der Waals surface area contributed by atoms with E-state index >= 15 is 0 Å². The van der Waals surface area contributed by atoms with Crippen LogP contribution in [-0.2, 0) is 17.6 Å². The van der Waals surface area contributed by atoms with Gasteiger partial charge >= 0.3 is 0 Å². The minimum absolute atomic E-state index is 0.0230. The summed E-state index contributed by atoms with van der Waals surface area (Å²) in [4.78, 5) is 11.9. The Kier molecular flexibility index (Phi) is 4.35. The van der Waals surface area contributed by atoms with E-state index < -0.39 is 0 Å². The van der Waals surface area contributed by atoms with Crippen LogP contribution >= 0.6 is 0 Å². The summed E-state index contributed by atoms with van der Waals surface area (Å²) < 4.78 is 0. The van der Waals surface area contributed by atoms with Gasteiger partial charge in [-0.1, -0.05) is 43.3 Å². The summed E-state index contributed by atoms with van der Waals surface area (Å²) >= 11 is 0. The van der Waals surface area contributed by atoms with Crippen molar-refractivity contribution < 1.29 is 4.79 Å². The van der Waals surface area contributed by atoms with Crippen molar-refractivity contribution in [3.63, 3.8) is 0 Å². The first-order chi connectivity index (χ1) is 9.17. The number of nitrogens with one attached hydrogen (secondary N) is 1. The third-order valence-corrected chi connectivity index (χ3v) is 3.10. The summed E-state index contributed by atoms with van der Waals surface area (Å²) in [6.07, 6.45) is 1.44. The lowest BCUT2D eigenvalue weighted by atomic mass is 10.1. The molecule has 98 valence electrons. The van der Waals surface area contributed by atoms with Gasteiger partial charge < -0.3 is 5.32 Å². The third kappa shape index (κ3) is 3.95. The van der Waals surface area contributed by atoms with Crippen molar-refractivity contribution in [3.8, 4) is 0 Å². The van der Waals surface area contributed by atoms with E-state index in [1.807, 2.05) is 43.3 Å². The fourth-order valence-corrected chi connectivity index (χ4v) is 2.01. The van der Waals surface area contributed by atoms with Crippen LogP contribution in [-0.4, -0.2) is 5.91 Å². The zero-order valence-corrected chi connectivity index (χ0v) is 11.4. The zero-order chi connectivity index (χ0) is 13.7. The van der Waals surface area contributed by atoms with Crippen LogP contribution in [0.4, 0.5) is 5.69 Å². The van der Waals surface area contributed by atoms with Gasteiger partial charge in [0.15, 0.2) is 0 Å². The molecule has 0 spiro atoms. The lowest BCUT2D eigenvalue weighted by molar-refractivity contribution is -0.115. The number of rotatable bonds is 4. The van der Waals surface area contributed by atoms with Crippen LogP contribution in [0.5, 0.6) is 0 Å².